The number of hydrogen-bond acceptors (Lipinski definition) is 3. The number of para-hydroxylation sites is 1. The molecule has 1 aliphatic rings. The predicted octanol–water partition coefficient (Wildman–Crippen LogP) is 3.03. The first-order valence-electron chi connectivity index (χ1n) is 8.94. The molecule has 1 aliphatic carbocycles. The lowest BCUT2D eigenvalue weighted by Gasteiger charge is -2.31. The highest BCUT2D eigenvalue weighted by Crippen LogP contribution is 2.25. The summed E-state index contributed by atoms with van der Waals surface area (Å²) in [7, 11) is 3.75. The van der Waals surface area contributed by atoms with Crippen LogP contribution in [0.5, 0.6) is 0 Å². The Bertz CT molecular complexity index is 553. The van der Waals surface area contributed by atoms with E-state index in [4.69, 9.17) is 0 Å². The Morgan fingerprint density at radius 1 is 1.17 bits per heavy atom. The van der Waals surface area contributed by atoms with Crippen molar-refractivity contribution < 1.29 is 9.59 Å². The smallest absolute Gasteiger partial charge is 0.255 e. The van der Waals surface area contributed by atoms with Crippen LogP contribution in [0.4, 0.5) is 5.69 Å². The van der Waals surface area contributed by atoms with Gasteiger partial charge in [-0.25, -0.2) is 0 Å². The van der Waals surface area contributed by atoms with Gasteiger partial charge >= 0.3 is 0 Å². The molecule has 0 aliphatic heterocycles. The van der Waals surface area contributed by atoms with Crippen molar-refractivity contribution in [3.05, 3.63) is 29.8 Å². The highest BCUT2D eigenvalue weighted by molar-refractivity contribution is 6.03. The summed E-state index contributed by atoms with van der Waals surface area (Å²) in [4.78, 5) is 26.8. The number of nitrogens with one attached hydrogen (secondary N) is 2. The third kappa shape index (κ3) is 5.06. The SMILES string of the molecule is CNCCCC(=O)Nc1ccccc1C(=O)N(C)C1CCCCC1. The van der Waals surface area contributed by atoms with Gasteiger partial charge in [0.1, 0.15) is 0 Å². The molecule has 0 heterocycles. The van der Waals surface area contributed by atoms with E-state index in [9.17, 15) is 9.59 Å². The molecule has 0 spiro atoms. The molecule has 1 fully saturated rings. The number of benzene rings is 1. The topological polar surface area (TPSA) is 61.4 Å². The van der Waals surface area contributed by atoms with E-state index in [0.717, 1.165) is 25.8 Å². The Labute approximate surface area is 144 Å². The van der Waals surface area contributed by atoms with Crippen LogP contribution >= 0.6 is 0 Å². The maximum absolute atomic E-state index is 12.9. The van der Waals surface area contributed by atoms with Crippen LogP contribution in [-0.2, 0) is 4.79 Å². The van der Waals surface area contributed by atoms with Gasteiger partial charge in [-0.1, -0.05) is 31.4 Å². The highest BCUT2D eigenvalue weighted by Gasteiger charge is 2.24. The number of carbonyl (C=O) groups is 2. The minimum absolute atomic E-state index is 0.00646. The Kier molecular flexibility index (Phi) is 7.25. The second kappa shape index (κ2) is 9.42. The zero-order chi connectivity index (χ0) is 17.4. The van der Waals surface area contributed by atoms with Crippen LogP contribution in [0.1, 0.15) is 55.3 Å². The molecule has 1 aromatic rings. The fraction of sp³-hybridized carbons (Fsp3) is 0.579. The first-order chi connectivity index (χ1) is 11.6. The summed E-state index contributed by atoms with van der Waals surface area (Å²) in [5, 5.41) is 5.92. The second-order valence-corrected chi connectivity index (χ2v) is 6.51. The van der Waals surface area contributed by atoms with Gasteiger partial charge in [-0.15, -0.1) is 0 Å². The number of amides is 2. The van der Waals surface area contributed by atoms with E-state index < -0.39 is 0 Å². The Morgan fingerprint density at radius 2 is 1.88 bits per heavy atom. The summed E-state index contributed by atoms with van der Waals surface area (Å²) in [5.41, 5.74) is 1.19. The molecule has 2 amide bonds. The van der Waals surface area contributed by atoms with Gasteiger partial charge in [0.2, 0.25) is 5.91 Å². The van der Waals surface area contributed by atoms with Gasteiger partial charge in [-0.2, -0.15) is 0 Å². The maximum Gasteiger partial charge on any atom is 0.255 e. The summed E-state index contributed by atoms with van der Waals surface area (Å²) in [6.45, 7) is 0.804. The van der Waals surface area contributed by atoms with E-state index in [1.165, 1.54) is 19.3 Å². The fourth-order valence-corrected chi connectivity index (χ4v) is 3.24. The van der Waals surface area contributed by atoms with Crippen LogP contribution in [0, 0.1) is 0 Å². The van der Waals surface area contributed by atoms with Crippen LogP contribution in [0.2, 0.25) is 0 Å². The third-order valence-corrected chi connectivity index (χ3v) is 4.70. The zero-order valence-corrected chi connectivity index (χ0v) is 14.8. The van der Waals surface area contributed by atoms with Crippen LogP contribution in [0.3, 0.4) is 0 Å². The number of nitrogens with zero attached hydrogens (tertiary/aromatic N) is 1. The van der Waals surface area contributed by atoms with Crippen molar-refractivity contribution in [2.45, 2.75) is 51.0 Å². The van der Waals surface area contributed by atoms with Gasteiger partial charge in [0.05, 0.1) is 11.3 Å². The molecule has 0 saturated heterocycles. The normalized spacial score (nSPS) is 15.1. The van der Waals surface area contributed by atoms with Crippen molar-refractivity contribution >= 4 is 17.5 Å². The number of carbonyl (C=O) groups excluding carboxylic acids is 2. The van der Waals surface area contributed by atoms with E-state index in [1.807, 2.05) is 31.1 Å². The van der Waals surface area contributed by atoms with Crippen LogP contribution < -0.4 is 10.6 Å². The molecule has 132 valence electrons. The predicted molar refractivity (Wildman–Crippen MR) is 97.2 cm³/mol. The minimum Gasteiger partial charge on any atom is -0.339 e. The summed E-state index contributed by atoms with van der Waals surface area (Å²) < 4.78 is 0. The van der Waals surface area contributed by atoms with Crippen LogP contribution in [0.25, 0.3) is 0 Å². The van der Waals surface area contributed by atoms with Crippen molar-refractivity contribution in [1.82, 2.24) is 10.2 Å². The van der Waals surface area contributed by atoms with E-state index in [2.05, 4.69) is 10.6 Å². The average molecular weight is 331 g/mol. The highest BCUT2D eigenvalue weighted by atomic mass is 16.2. The second-order valence-electron chi connectivity index (χ2n) is 6.51. The molecule has 1 aromatic carbocycles. The van der Waals surface area contributed by atoms with Gasteiger partial charge in [-0.05, 0) is 45.0 Å². The van der Waals surface area contributed by atoms with Crippen LogP contribution in [-0.4, -0.2) is 43.4 Å². The Hall–Kier alpha value is -1.88. The maximum atomic E-state index is 12.9. The molecule has 2 N–H and O–H groups in total. The summed E-state index contributed by atoms with van der Waals surface area (Å²) in [6.07, 6.45) is 7.00. The van der Waals surface area contributed by atoms with Crippen molar-refractivity contribution in [3.8, 4) is 0 Å². The monoisotopic (exact) mass is 331 g/mol. The molecular formula is C19H29N3O2. The molecule has 0 unspecified atom stereocenters. The molecular weight excluding hydrogens is 302 g/mol. The number of anilines is 1. The van der Waals surface area contributed by atoms with Crippen LogP contribution in [0.15, 0.2) is 24.3 Å². The molecule has 0 radical (unpaired) electrons. The number of hydrogen-bond donors (Lipinski definition) is 2. The zero-order valence-electron chi connectivity index (χ0n) is 14.8. The van der Waals surface area contributed by atoms with Gasteiger partial charge < -0.3 is 15.5 Å². The fourth-order valence-electron chi connectivity index (χ4n) is 3.24. The molecule has 2 rings (SSSR count). The van der Waals surface area contributed by atoms with E-state index in [1.54, 1.807) is 12.1 Å². The van der Waals surface area contributed by atoms with Gasteiger partial charge in [-0.3, -0.25) is 9.59 Å². The van der Waals surface area contributed by atoms with E-state index in [-0.39, 0.29) is 11.8 Å². The molecule has 0 bridgehead atoms. The molecule has 0 atom stereocenters. The molecule has 5 nitrogen and oxygen atoms in total. The van der Waals surface area contributed by atoms with Crippen molar-refractivity contribution in [3.63, 3.8) is 0 Å². The van der Waals surface area contributed by atoms with E-state index in [0.29, 0.717) is 23.7 Å². The largest absolute Gasteiger partial charge is 0.339 e. The molecule has 5 heteroatoms. The van der Waals surface area contributed by atoms with E-state index >= 15 is 0 Å². The summed E-state index contributed by atoms with van der Waals surface area (Å²) in [6, 6.07) is 7.60. The van der Waals surface area contributed by atoms with Crippen molar-refractivity contribution in [1.29, 1.82) is 0 Å². The van der Waals surface area contributed by atoms with Gasteiger partial charge in [0, 0.05) is 19.5 Å². The average Bonchev–Trinajstić information content (AvgIpc) is 2.62. The standard InChI is InChI=1S/C19H29N3O2/c1-20-14-8-13-18(23)21-17-12-7-6-11-16(17)19(24)22(2)15-9-4-3-5-10-15/h6-7,11-12,15,20H,3-5,8-10,13-14H2,1-2H3,(H,21,23). The molecule has 0 aromatic heterocycles. The molecule has 1 saturated carbocycles. The van der Waals surface area contributed by atoms with Gasteiger partial charge in [0.15, 0.2) is 0 Å². The van der Waals surface area contributed by atoms with Crippen molar-refractivity contribution in [2.24, 2.45) is 0 Å². The molecule has 24 heavy (non-hydrogen) atoms. The Morgan fingerprint density at radius 3 is 2.58 bits per heavy atom. The number of rotatable bonds is 7. The lowest BCUT2D eigenvalue weighted by Crippen LogP contribution is -2.38. The van der Waals surface area contributed by atoms with Gasteiger partial charge in [0.25, 0.3) is 5.91 Å². The summed E-state index contributed by atoms with van der Waals surface area (Å²) >= 11 is 0. The quantitative estimate of drug-likeness (QED) is 0.755. The minimum atomic E-state index is -0.0502. The Balaban J connectivity index is 2.04. The van der Waals surface area contributed by atoms with Crippen molar-refractivity contribution in [2.75, 3.05) is 26.0 Å². The lowest BCUT2D eigenvalue weighted by atomic mass is 9.94. The first kappa shape index (κ1) is 18.5. The first-order valence-corrected chi connectivity index (χ1v) is 8.94. The summed E-state index contributed by atoms with van der Waals surface area (Å²) in [5.74, 6) is -0.0566. The lowest BCUT2D eigenvalue weighted by molar-refractivity contribution is -0.116. The third-order valence-electron chi connectivity index (χ3n) is 4.70.